The normalized spacial score (nSPS) is 13.2. The molecule has 1 aromatic rings. The molecule has 0 aliphatic heterocycles. The molecule has 1 atom stereocenters. The highest BCUT2D eigenvalue weighted by molar-refractivity contribution is 9.10. The lowest BCUT2D eigenvalue weighted by Crippen LogP contribution is -2.23. The fourth-order valence-corrected chi connectivity index (χ4v) is 3.23. The lowest BCUT2D eigenvalue weighted by molar-refractivity contribution is 0.0143. The number of alkyl halides is 2. The van der Waals surface area contributed by atoms with Crippen LogP contribution >= 0.6 is 27.3 Å². The van der Waals surface area contributed by atoms with E-state index in [0.29, 0.717) is 13.0 Å². The molecular formula is C12H18BrF2NOS. The van der Waals surface area contributed by atoms with Gasteiger partial charge in [0.2, 0.25) is 0 Å². The molecule has 0 saturated carbocycles. The standard InChI is InChI=1S/C12H18BrF2NOS/c1-2-4-16-11(3-5-17-6-12(14)15)9-7-18-8-10(9)13/h7-8,11-12,16H,2-6H2,1H3. The van der Waals surface area contributed by atoms with Crippen LogP contribution in [0.3, 0.4) is 0 Å². The van der Waals surface area contributed by atoms with Crippen LogP contribution in [0.4, 0.5) is 8.78 Å². The molecule has 0 bridgehead atoms. The summed E-state index contributed by atoms with van der Waals surface area (Å²) in [5.74, 6) is 0. The van der Waals surface area contributed by atoms with Crippen LogP contribution < -0.4 is 5.32 Å². The van der Waals surface area contributed by atoms with Gasteiger partial charge in [0.25, 0.3) is 6.43 Å². The van der Waals surface area contributed by atoms with Crippen molar-refractivity contribution in [3.05, 3.63) is 20.8 Å². The van der Waals surface area contributed by atoms with Crippen LogP contribution in [-0.4, -0.2) is 26.2 Å². The van der Waals surface area contributed by atoms with Gasteiger partial charge in [-0.1, -0.05) is 6.92 Å². The van der Waals surface area contributed by atoms with Crippen LogP contribution in [0.15, 0.2) is 15.2 Å². The summed E-state index contributed by atoms with van der Waals surface area (Å²) < 4.78 is 29.9. The molecule has 0 fully saturated rings. The zero-order valence-corrected chi connectivity index (χ0v) is 12.7. The Labute approximate surface area is 119 Å². The van der Waals surface area contributed by atoms with Gasteiger partial charge in [-0.3, -0.25) is 0 Å². The van der Waals surface area contributed by atoms with Crippen molar-refractivity contribution in [3.63, 3.8) is 0 Å². The van der Waals surface area contributed by atoms with Crippen LogP contribution in [-0.2, 0) is 4.74 Å². The van der Waals surface area contributed by atoms with Crippen molar-refractivity contribution in [3.8, 4) is 0 Å². The summed E-state index contributed by atoms with van der Waals surface area (Å²) in [5, 5.41) is 7.51. The molecule has 1 unspecified atom stereocenters. The van der Waals surface area contributed by atoms with Crippen molar-refractivity contribution in [1.29, 1.82) is 0 Å². The first kappa shape index (κ1) is 16.0. The molecule has 1 rings (SSSR count). The Balaban J connectivity index is 2.44. The minimum Gasteiger partial charge on any atom is -0.375 e. The molecule has 0 saturated heterocycles. The second kappa shape index (κ2) is 8.96. The van der Waals surface area contributed by atoms with Gasteiger partial charge in [0, 0.05) is 22.5 Å². The molecule has 0 aliphatic carbocycles. The maximum atomic E-state index is 12.0. The second-order valence-electron chi connectivity index (χ2n) is 3.94. The lowest BCUT2D eigenvalue weighted by atomic mass is 10.1. The van der Waals surface area contributed by atoms with Gasteiger partial charge in [-0.05, 0) is 46.3 Å². The Hall–Kier alpha value is -0.0400. The topological polar surface area (TPSA) is 21.3 Å². The molecule has 1 heterocycles. The van der Waals surface area contributed by atoms with Crippen LogP contribution in [0.2, 0.25) is 0 Å². The first-order valence-electron chi connectivity index (χ1n) is 5.96. The van der Waals surface area contributed by atoms with Gasteiger partial charge in [0.05, 0.1) is 0 Å². The third-order valence-electron chi connectivity index (χ3n) is 2.45. The number of thiophene rings is 1. The molecule has 104 valence electrons. The second-order valence-corrected chi connectivity index (χ2v) is 5.53. The summed E-state index contributed by atoms with van der Waals surface area (Å²) in [5.41, 5.74) is 1.18. The maximum absolute atomic E-state index is 12.0. The monoisotopic (exact) mass is 341 g/mol. The molecule has 0 amide bonds. The van der Waals surface area contributed by atoms with E-state index in [9.17, 15) is 8.78 Å². The van der Waals surface area contributed by atoms with Crippen LogP contribution in [0.25, 0.3) is 0 Å². The Morgan fingerprint density at radius 2 is 2.22 bits per heavy atom. The first-order chi connectivity index (χ1) is 8.65. The quantitative estimate of drug-likeness (QED) is 0.679. The van der Waals surface area contributed by atoms with E-state index in [2.05, 4.69) is 33.6 Å². The minimum atomic E-state index is -2.39. The molecule has 0 aliphatic rings. The van der Waals surface area contributed by atoms with Crippen molar-refractivity contribution < 1.29 is 13.5 Å². The third-order valence-corrected chi connectivity index (χ3v) is 4.20. The van der Waals surface area contributed by atoms with Gasteiger partial charge < -0.3 is 10.1 Å². The minimum absolute atomic E-state index is 0.156. The van der Waals surface area contributed by atoms with Gasteiger partial charge in [0.15, 0.2) is 0 Å². The van der Waals surface area contributed by atoms with Crippen molar-refractivity contribution in [2.24, 2.45) is 0 Å². The summed E-state index contributed by atoms with van der Waals surface area (Å²) in [6.07, 6.45) is -0.655. The van der Waals surface area contributed by atoms with Gasteiger partial charge >= 0.3 is 0 Å². The van der Waals surface area contributed by atoms with E-state index in [4.69, 9.17) is 4.74 Å². The molecule has 0 spiro atoms. The highest BCUT2D eigenvalue weighted by Gasteiger charge is 2.15. The van der Waals surface area contributed by atoms with Gasteiger partial charge in [-0.2, -0.15) is 11.3 Å². The maximum Gasteiger partial charge on any atom is 0.261 e. The summed E-state index contributed by atoms with van der Waals surface area (Å²) >= 11 is 5.13. The van der Waals surface area contributed by atoms with E-state index in [-0.39, 0.29) is 6.04 Å². The van der Waals surface area contributed by atoms with Crippen molar-refractivity contribution in [2.45, 2.75) is 32.2 Å². The van der Waals surface area contributed by atoms with E-state index >= 15 is 0 Å². The molecule has 2 nitrogen and oxygen atoms in total. The van der Waals surface area contributed by atoms with E-state index < -0.39 is 13.0 Å². The Kier molecular flexibility index (Phi) is 7.97. The molecule has 0 aromatic carbocycles. The third kappa shape index (κ3) is 5.73. The van der Waals surface area contributed by atoms with Crippen LogP contribution in [0, 0.1) is 0 Å². The molecule has 18 heavy (non-hydrogen) atoms. The fraction of sp³-hybridized carbons (Fsp3) is 0.667. The lowest BCUT2D eigenvalue weighted by Gasteiger charge is -2.18. The fourth-order valence-electron chi connectivity index (χ4n) is 1.60. The number of nitrogens with one attached hydrogen (secondary N) is 1. The van der Waals surface area contributed by atoms with Crippen molar-refractivity contribution >= 4 is 27.3 Å². The van der Waals surface area contributed by atoms with Crippen molar-refractivity contribution in [2.75, 3.05) is 19.8 Å². The van der Waals surface area contributed by atoms with Crippen molar-refractivity contribution in [1.82, 2.24) is 5.32 Å². The Bertz CT molecular complexity index is 336. The number of hydrogen-bond acceptors (Lipinski definition) is 3. The van der Waals surface area contributed by atoms with Crippen LogP contribution in [0.1, 0.15) is 31.4 Å². The number of ether oxygens (including phenoxy) is 1. The zero-order chi connectivity index (χ0) is 13.4. The number of rotatable bonds is 9. The predicted octanol–water partition coefficient (Wildman–Crippen LogP) is 4.22. The highest BCUT2D eigenvalue weighted by Crippen LogP contribution is 2.29. The molecule has 6 heteroatoms. The zero-order valence-electron chi connectivity index (χ0n) is 10.3. The molecular weight excluding hydrogens is 324 g/mol. The SMILES string of the molecule is CCCNC(CCOCC(F)F)c1cscc1Br. The van der Waals surface area contributed by atoms with E-state index in [1.807, 2.05) is 5.38 Å². The predicted molar refractivity (Wildman–Crippen MR) is 74.5 cm³/mol. The average molecular weight is 342 g/mol. The van der Waals surface area contributed by atoms with Crippen LogP contribution in [0.5, 0.6) is 0 Å². The molecule has 1 aromatic heterocycles. The van der Waals surface area contributed by atoms with Gasteiger partial charge in [-0.25, -0.2) is 8.78 Å². The van der Waals surface area contributed by atoms with E-state index in [1.165, 1.54) is 5.56 Å². The summed E-state index contributed by atoms with van der Waals surface area (Å²) in [7, 11) is 0. The largest absolute Gasteiger partial charge is 0.375 e. The number of halogens is 3. The average Bonchev–Trinajstić information content (AvgIpc) is 2.74. The molecule has 1 N–H and O–H groups in total. The summed E-state index contributed by atoms with van der Waals surface area (Å²) in [6, 6.07) is 0.156. The first-order valence-corrected chi connectivity index (χ1v) is 7.69. The van der Waals surface area contributed by atoms with E-state index in [0.717, 1.165) is 17.4 Å². The highest BCUT2D eigenvalue weighted by atomic mass is 79.9. The van der Waals surface area contributed by atoms with Gasteiger partial charge in [-0.15, -0.1) is 0 Å². The summed E-state index contributed by atoms with van der Waals surface area (Å²) in [6.45, 7) is 2.86. The Morgan fingerprint density at radius 3 is 2.78 bits per heavy atom. The van der Waals surface area contributed by atoms with E-state index in [1.54, 1.807) is 11.3 Å². The Morgan fingerprint density at radius 1 is 1.44 bits per heavy atom. The number of hydrogen-bond donors (Lipinski definition) is 1. The molecule has 0 radical (unpaired) electrons. The smallest absolute Gasteiger partial charge is 0.261 e. The summed E-state index contributed by atoms with van der Waals surface area (Å²) in [4.78, 5) is 0. The van der Waals surface area contributed by atoms with Gasteiger partial charge in [0.1, 0.15) is 6.61 Å².